The van der Waals surface area contributed by atoms with Crippen molar-refractivity contribution in [2.24, 2.45) is 0 Å². The standard InChI is InChI=1S/C18H24N4OS/c1-4-21-11(2)9-15(12(21)3)16(23)10-24-18-20-19-17(13-5-6-13)22(18)14-7-8-14/h9,13-14H,4-8,10H2,1-3H3. The molecule has 0 aromatic carbocycles. The van der Waals surface area contributed by atoms with Gasteiger partial charge >= 0.3 is 0 Å². The van der Waals surface area contributed by atoms with E-state index in [1.54, 1.807) is 11.8 Å². The number of rotatable bonds is 7. The maximum Gasteiger partial charge on any atom is 0.191 e. The number of hydrogen-bond donors (Lipinski definition) is 0. The minimum atomic E-state index is 0.186. The molecule has 0 N–H and O–H groups in total. The second kappa shape index (κ2) is 6.06. The number of carbonyl (C=O) groups excluding carboxylic acids is 1. The minimum Gasteiger partial charge on any atom is -0.349 e. The summed E-state index contributed by atoms with van der Waals surface area (Å²) >= 11 is 1.55. The van der Waals surface area contributed by atoms with Gasteiger partial charge in [0.1, 0.15) is 5.82 Å². The smallest absolute Gasteiger partial charge is 0.191 e. The van der Waals surface area contributed by atoms with Gasteiger partial charge in [-0.05, 0) is 52.5 Å². The Morgan fingerprint density at radius 1 is 1.25 bits per heavy atom. The molecule has 4 rings (SSSR count). The van der Waals surface area contributed by atoms with E-state index in [1.165, 1.54) is 25.7 Å². The van der Waals surface area contributed by atoms with Crippen LogP contribution in [0.4, 0.5) is 0 Å². The number of thioether (sulfide) groups is 1. The van der Waals surface area contributed by atoms with E-state index in [0.29, 0.717) is 17.7 Å². The Morgan fingerprint density at radius 2 is 2.00 bits per heavy atom. The molecule has 2 saturated carbocycles. The summed E-state index contributed by atoms with van der Waals surface area (Å²) in [6.07, 6.45) is 4.91. The molecule has 0 radical (unpaired) electrons. The van der Waals surface area contributed by atoms with Crippen molar-refractivity contribution in [2.45, 2.75) is 70.1 Å². The molecule has 6 heteroatoms. The van der Waals surface area contributed by atoms with Gasteiger partial charge in [-0.1, -0.05) is 11.8 Å². The molecule has 0 saturated heterocycles. The molecule has 0 spiro atoms. The molecule has 128 valence electrons. The van der Waals surface area contributed by atoms with Crippen LogP contribution < -0.4 is 0 Å². The average Bonchev–Trinajstić information content (AvgIpc) is 3.49. The van der Waals surface area contributed by atoms with Gasteiger partial charge in [-0.2, -0.15) is 0 Å². The molecule has 2 aliphatic rings. The first-order valence-corrected chi connectivity index (χ1v) is 9.86. The van der Waals surface area contributed by atoms with Gasteiger partial charge in [0.05, 0.1) is 5.75 Å². The van der Waals surface area contributed by atoms with Crippen LogP contribution in [0.5, 0.6) is 0 Å². The Balaban J connectivity index is 1.50. The molecule has 2 fully saturated rings. The van der Waals surface area contributed by atoms with E-state index in [1.807, 2.05) is 13.0 Å². The highest BCUT2D eigenvalue weighted by Gasteiger charge is 2.36. The number of nitrogens with zero attached hydrogens (tertiary/aromatic N) is 4. The van der Waals surface area contributed by atoms with Crippen LogP contribution >= 0.6 is 11.8 Å². The van der Waals surface area contributed by atoms with Gasteiger partial charge in [0.2, 0.25) is 0 Å². The monoisotopic (exact) mass is 344 g/mol. The Kier molecular flexibility index (Phi) is 4.03. The van der Waals surface area contributed by atoms with Crippen molar-refractivity contribution in [3.8, 4) is 0 Å². The van der Waals surface area contributed by atoms with Crippen molar-refractivity contribution in [3.05, 3.63) is 28.8 Å². The lowest BCUT2D eigenvalue weighted by Crippen LogP contribution is -2.07. The first kappa shape index (κ1) is 15.9. The van der Waals surface area contributed by atoms with Crippen LogP contribution in [0.1, 0.15) is 72.1 Å². The Hall–Kier alpha value is -1.56. The van der Waals surface area contributed by atoms with Crippen LogP contribution in [0.25, 0.3) is 0 Å². The summed E-state index contributed by atoms with van der Waals surface area (Å²) in [6.45, 7) is 7.11. The summed E-state index contributed by atoms with van der Waals surface area (Å²) in [5.41, 5.74) is 3.07. The summed E-state index contributed by atoms with van der Waals surface area (Å²) in [7, 11) is 0. The second-order valence-corrected chi connectivity index (χ2v) is 7.90. The van der Waals surface area contributed by atoms with Crippen molar-refractivity contribution in [1.29, 1.82) is 0 Å². The first-order chi connectivity index (χ1) is 11.6. The minimum absolute atomic E-state index is 0.186. The molecular weight excluding hydrogens is 320 g/mol. The molecule has 24 heavy (non-hydrogen) atoms. The third-order valence-corrected chi connectivity index (χ3v) is 6.01. The fraction of sp³-hybridized carbons (Fsp3) is 0.611. The lowest BCUT2D eigenvalue weighted by Gasteiger charge is -2.08. The number of aromatic nitrogens is 4. The van der Waals surface area contributed by atoms with Crippen LogP contribution in [0, 0.1) is 13.8 Å². The number of Topliss-reactive ketones (excluding diaryl/α,β-unsaturated/α-hetero) is 1. The van der Waals surface area contributed by atoms with Crippen molar-refractivity contribution < 1.29 is 4.79 Å². The van der Waals surface area contributed by atoms with Crippen LogP contribution in [-0.4, -0.2) is 30.9 Å². The number of carbonyl (C=O) groups is 1. The predicted octanol–water partition coefficient (Wildman–Crippen LogP) is 3.90. The predicted molar refractivity (Wildman–Crippen MR) is 94.9 cm³/mol. The lowest BCUT2D eigenvalue weighted by molar-refractivity contribution is 0.102. The van der Waals surface area contributed by atoms with Crippen LogP contribution in [0.3, 0.4) is 0 Å². The number of ketones is 1. The van der Waals surface area contributed by atoms with Gasteiger partial charge in [-0.15, -0.1) is 10.2 Å². The highest BCUT2D eigenvalue weighted by Crippen LogP contribution is 2.46. The zero-order valence-corrected chi connectivity index (χ0v) is 15.4. The van der Waals surface area contributed by atoms with Crippen molar-refractivity contribution in [1.82, 2.24) is 19.3 Å². The molecule has 0 bridgehead atoms. The molecular formula is C18H24N4OS. The van der Waals surface area contributed by atoms with Crippen molar-refractivity contribution >= 4 is 17.5 Å². The van der Waals surface area contributed by atoms with Crippen LogP contribution in [0.2, 0.25) is 0 Å². The molecule has 2 aromatic rings. The molecule has 2 heterocycles. The van der Waals surface area contributed by atoms with E-state index >= 15 is 0 Å². The van der Waals surface area contributed by atoms with Gasteiger partial charge in [0.15, 0.2) is 10.9 Å². The molecule has 0 amide bonds. The largest absolute Gasteiger partial charge is 0.349 e. The van der Waals surface area contributed by atoms with E-state index in [2.05, 4.69) is 33.2 Å². The quantitative estimate of drug-likeness (QED) is 0.564. The van der Waals surface area contributed by atoms with Gasteiger partial charge in [-0.3, -0.25) is 4.79 Å². The molecule has 0 aliphatic heterocycles. The zero-order valence-electron chi connectivity index (χ0n) is 14.6. The summed E-state index contributed by atoms with van der Waals surface area (Å²) in [5.74, 6) is 2.37. The summed E-state index contributed by atoms with van der Waals surface area (Å²) in [6, 6.07) is 2.58. The average molecular weight is 344 g/mol. The number of aryl methyl sites for hydroxylation is 1. The Bertz CT molecular complexity index is 783. The van der Waals surface area contributed by atoms with E-state index in [-0.39, 0.29) is 5.78 Å². The molecule has 2 aliphatic carbocycles. The van der Waals surface area contributed by atoms with Gasteiger partial charge in [0, 0.05) is 35.5 Å². The van der Waals surface area contributed by atoms with Gasteiger partial charge < -0.3 is 9.13 Å². The lowest BCUT2D eigenvalue weighted by atomic mass is 10.2. The van der Waals surface area contributed by atoms with E-state index in [9.17, 15) is 4.79 Å². The fourth-order valence-corrected chi connectivity index (χ4v) is 4.36. The summed E-state index contributed by atoms with van der Waals surface area (Å²) < 4.78 is 4.50. The fourth-order valence-electron chi connectivity index (χ4n) is 3.46. The highest BCUT2D eigenvalue weighted by atomic mass is 32.2. The topological polar surface area (TPSA) is 52.7 Å². The molecule has 2 aromatic heterocycles. The van der Waals surface area contributed by atoms with Crippen molar-refractivity contribution in [3.63, 3.8) is 0 Å². The Labute approximate surface area is 146 Å². The maximum absolute atomic E-state index is 12.7. The van der Waals surface area contributed by atoms with Crippen LogP contribution in [0.15, 0.2) is 11.2 Å². The normalized spacial score (nSPS) is 17.5. The van der Waals surface area contributed by atoms with E-state index < -0.39 is 0 Å². The van der Waals surface area contributed by atoms with Gasteiger partial charge in [-0.25, -0.2) is 0 Å². The SMILES string of the molecule is CCn1c(C)cc(C(=O)CSc2nnc(C3CC3)n2C2CC2)c1C. The summed E-state index contributed by atoms with van der Waals surface area (Å²) in [4.78, 5) is 12.7. The summed E-state index contributed by atoms with van der Waals surface area (Å²) in [5, 5.41) is 9.73. The van der Waals surface area contributed by atoms with E-state index in [0.717, 1.165) is 34.5 Å². The zero-order chi connectivity index (χ0) is 16.8. The highest BCUT2D eigenvalue weighted by molar-refractivity contribution is 7.99. The Morgan fingerprint density at radius 3 is 2.58 bits per heavy atom. The third kappa shape index (κ3) is 2.81. The molecule has 5 nitrogen and oxygen atoms in total. The van der Waals surface area contributed by atoms with Crippen LogP contribution in [-0.2, 0) is 6.54 Å². The number of hydrogen-bond acceptors (Lipinski definition) is 4. The molecule has 0 atom stereocenters. The third-order valence-electron chi connectivity index (χ3n) is 5.07. The molecule has 0 unspecified atom stereocenters. The van der Waals surface area contributed by atoms with Crippen molar-refractivity contribution in [2.75, 3.05) is 5.75 Å². The second-order valence-electron chi connectivity index (χ2n) is 6.96. The maximum atomic E-state index is 12.7. The van der Waals surface area contributed by atoms with E-state index in [4.69, 9.17) is 0 Å². The first-order valence-electron chi connectivity index (χ1n) is 8.87. The van der Waals surface area contributed by atoms with Gasteiger partial charge in [0.25, 0.3) is 0 Å².